The monoisotopic (exact) mass is 394 g/mol. The fraction of sp³-hybridized carbons (Fsp3) is 0.267. The molecular formula is C15H15BrN4O4. The van der Waals surface area contributed by atoms with Gasteiger partial charge in [-0.05, 0) is 40.5 Å². The van der Waals surface area contributed by atoms with E-state index < -0.39 is 18.0 Å². The van der Waals surface area contributed by atoms with Gasteiger partial charge in [-0.2, -0.15) is 5.26 Å². The van der Waals surface area contributed by atoms with Gasteiger partial charge in [0, 0.05) is 5.70 Å². The molecule has 0 saturated carbocycles. The van der Waals surface area contributed by atoms with Crippen LogP contribution >= 0.6 is 15.9 Å². The molecule has 2 rings (SSSR count). The third kappa shape index (κ3) is 3.44. The number of nitrogens with one attached hydrogen (secondary N) is 2. The molecular weight excluding hydrogens is 380 g/mol. The highest BCUT2D eigenvalue weighted by Crippen LogP contribution is 2.40. The van der Waals surface area contributed by atoms with Gasteiger partial charge in [-0.3, -0.25) is 4.79 Å². The third-order valence-electron chi connectivity index (χ3n) is 3.40. The van der Waals surface area contributed by atoms with Crippen molar-refractivity contribution in [1.82, 2.24) is 10.6 Å². The van der Waals surface area contributed by atoms with Crippen LogP contribution in [0.2, 0.25) is 0 Å². The Balaban J connectivity index is 2.53. The van der Waals surface area contributed by atoms with E-state index in [0.717, 1.165) is 0 Å². The number of amides is 3. The van der Waals surface area contributed by atoms with E-state index in [1.165, 1.54) is 7.11 Å². The van der Waals surface area contributed by atoms with E-state index >= 15 is 0 Å². The van der Waals surface area contributed by atoms with Crippen LogP contribution in [0, 0.1) is 11.3 Å². The number of nitriles is 1. The molecule has 0 fully saturated rings. The fourth-order valence-electron chi connectivity index (χ4n) is 2.42. The first kappa shape index (κ1) is 17.6. The normalized spacial score (nSPS) is 16.8. The molecule has 1 aromatic carbocycles. The third-order valence-corrected chi connectivity index (χ3v) is 3.99. The maximum absolute atomic E-state index is 11.8. The van der Waals surface area contributed by atoms with Gasteiger partial charge in [-0.15, -0.1) is 0 Å². The Kier molecular flexibility index (Phi) is 5.31. The SMILES string of the molecule is COc1cc([C@@H]2NC(=O)NC(C)=C2C(N)=O)cc(Br)c1OCC#N. The number of halogens is 1. The van der Waals surface area contributed by atoms with Crippen molar-refractivity contribution in [3.8, 4) is 17.6 Å². The molecule has 0 bridgehead atoms. The molecule has 0 aromatic heterocycles. The van der Waals surface area contributed by atoms with Crippen molar-refractivity contribution in [3.05, 3.63) is 33.4 Å². The second kappa shape index (κ2) is 7.23. The van der Waals surface area contributed by atoms with Crippen molar-refractivity contribution in [2.75, 3.05) is 13.7 Å². The van der Waals surface area contributed by atoms with E-state index in [4.69, 9.17) is 20.5 Å². The van der Waals surface area contributed by atoms with Crippen LogP contribution in [0.15, 0.2) is 27.9 Å². The van der Waals surface area contributed by atoms with E-state index in [0.29, 0.717) is 27.2 Å². The lowest BCUT2D eigenvalue weighted by Gasteiger charge is -2.28. The molecule has 1 aliphatic heterocycles. The molecule has 3 amide bonds. The standard InChI is InChI=1S/C15H15BrN4O4/c1-7-11(14(18)21)12(20-15(22)19-7)8-5-9(16)13(24-4-3-17)10(6-8)23-2/h5-6,12H,4H2,1-2H3,(H2,18,21)(H2,19,20,22)/t12-/m0/s1. The van der Waals surface area contributed by atoms with Gasteiger partial charge >= 0.3 is 6.03 Å². The summed E-state index contributed by atoms with van der Waals surface area (Å²) < 4.78 is 11.1. The molecule has 1 aromatic rings. The quantitative estimate of drug-likeness (QED) is 0.696. The fourth-order valence-corrected chi connectivity index (χ4v) is 3.00. The second-order valence-electron chi connectivity index (χ2n) is 4.92. The Labute approximate surface area is 146 Å². The number of primary amides is 1. The van der Waals surface area contributed by atoms with E-state index in [1.54, 1.807) is 19.1 Å². The van der Waals surface area contributed by atoms with E-state index in [-0.39, 0.29) is 12.2 Å². The zero-order valence-electron chi connectivity index (χ0n) is 13.0. The highest BCUT2D eigenvalue weighted by Gasteiger charge is 2.31. The number of carbonyl (C=O) groups is 2. The average molecular weight is 395 g/mol. The highest BCUT2D eigenvalue weighted by atomic mass is 79.9. The number of methoxy groups -OCH3 is 1. The molecule has 0 saturated heterocycles. The minimum Gasteiger partial charge on any atom is -0.493 e. The molecule has 4 N–H and O–H groups in total. The lowest BCUT2D eigenvalue weighted by molar-refractivity contribution is -0.115. The molecule has 0 spiro atoms. The van der Waals surface area contributed by atoms with Crippen molar-refractivity contribution >= 4 is 27.9 Å². The number of hydrogen-bond acceptors (Lipinski definition) is 5. The van der Waals surface area contributed by atoms with Gasteiger partial charge < -0.3 is 25.8 Å². The number of urea groups is 1. The molecule has 24 heavy (non-hydrogen) atoms. The number of ether oxygens (including phenoxy) is 2. The Bertz CT molecular complexity index is 769. The van der Waals surface area contributed by atoms with Crippen molar-refractivity contribution in [2.24, 2.45) is 5.73 Å². The number of nitrogens with two attached hydrogens (primary N) is 1. The summed E-state index contributed by atoms with van der Waals surface area (Å²) in [7, 11) is 1.45. The number of rotatable bonds is 5. The number of nitrogens with zero attached hydrogens (tertiary/aromatic N) is 1. The van der Waals surface area contributed by atoms with Crippen molar-refractivity contribution < 1.29 is 19.1 Å². The molecule has 1 heterocycles. The lowest BCUT2D eigenvalue weighted by Crippen LogP contribution is -2.46. The highest BCUT2D eigenvalue weighted by molar-refractivity contribution is 9.10. The van der Waals surface area contributed by atoms with Crippen molar-refractivity contribution in [3.63, 3.8) is 0 Å². The van der Waals surface area contributed by atoms with Gasteiger partial charge in [-0.25, -0.2) is 4.79 Å². The molecule has 9 heteroatoms. The minimum atomic E-state index is -0.730. The number of hydrogen-bond donors (Lipinski definition) is 3. The van der Waals surface area contributed by atoms with Crippen molar-refractivity contribution in [1.29, 1.82) is 5.26 Å². The number of allylic oxidation sites excluding steroid dienone is 1. The molecule has 1 aliphatic rings. The van der Waals surface area contributed by atoms with Gasteiger partial charge in [0.2, 0.25) is 5.91 Å². The number of carbonyl (C=O) groups excluding carboxylic acids is 2. The maximum Gasteiger partial charge on any atom is 0.319 e. The average Bonchev–Trinajstić information content (AvgIpc) is 2.51. The van der Waals surface area contributed by atoms with Crippen LogP contribution in [0.5, 0.6) is 11.5 Å². The van der Waals surface area contributed by atoms with Crippen LogP contribution in [0.4, 0.5) is 4.79 Å². The zero-order valence-corrected chi connectivity index (χ0v) is 14.6. The number of benzene rings is 1. The van der Waals surface area contributed by atoms with Crippen LogP contribution in [0.1, 0.15) is 18.5 Å². The summed E-state index contributed by atoms with van der Waals surface area (Å²) in [4.78, 5) is 23.5. The van der Waals surface area contributed by atoms with E-state index in [9.17, 15) is 9.59 Å². The first-order valence-corrected chi connectivity index (χ1v) is 7.63. The first-order chi connectivity index (χ1) is 11.4. The van der Waals surface area contributed by atoms with Gasteiger partial charge in [0.05, 0.1) is 23.2 Å². The Morgan fingerprint density at radius 2 is 2.21 bits per heavy atom. The molecule has 0 aliphatic carbocycles. The summed E-state index contributed by atoms with van der Waals surface area (Å²) in [5.41, 5.74) is 6.65. The first-order valence-electron chi connectivity index (χ1n) is 6.84. The predicted molar refractivity (Wildman–Crippen MR) is 88.1 cm³/mol. The predicted octanol–water partition coefficient (Wildman–Crippen LogP) is 1.47. The summed E-state index contributed by atoms with van der Waals surface area (Å²) in [5, 5.41) is 13.8. The van der Waals surface area contributed by atoms with Gasteiger partial charge in [-0.1, -0.05) is 0 Å². The van der Waals surface area contributed by atoms with Gasteiger partial charge in [0.1, 0.15) is 6.07 Å². The zero-order chi connectivity index (χ0) is 17.9. The largest absolute Gasteiger partial charge is 0.493 e. The summed E-state index contributed by atoms with van der Waals surface area (Å²) in [5.74, 6) is 0.0539. The van der Waals surface area contributed by atoms with Crippen LogP contribution in [0.25, 0.3) is 0 Å². The molecule has 8 nitrogen and oxygen atoms in total. The summed E-state index contributed by atoms with van der Waals surface area (Å²) >= 11 is 3.35. The van der Waals surface area contributed by atoms with Crippen LogP contribution in [-0.4, -0.2) is 25.7 Å². The van der Waals surface area contributed by atoms with Gasteiger partial charge in [0.15, 0.2) is 18.1 Å². The van der Waals surface area contributed by atoms with Gasteiger partial charge in [0.25, 0.3) is 0 Å². The Morgan fingerprint density at radius 3 is 2.79 bits per heavy atom. The van der Waals surface area contributed by atoms with Crippen LogP contribution < -0.4 is 25.8 Å². The topological polar surface area (TPSA) is 126 Å². The van der Waals surface area contributed by atoms with Crippen LogP contribution in [0.3, 0.4) is 0 Å². The second-order valence-corrected chi connectivity index (χ2v) is 5.77. The van der Waals surface area contributed by atoms with E-state index in [2.05, 4.69) is 26.6 Å². The summed E-state index contributed by atoms with van der Waals surface area (Å²) in [6.45, 7) is 1.45. The molecule has 0 unspecified atom stereocenters. The summed E-state index contributed by atoms with van der Waals surface area (Å²) in [6, 6.07) is 3.98. The van der Waals surface area contributed by atoms with E-state index in [1.807, 2.05) is 6.07 Å². The Hall–Kier alpha value is -2.73. The maximum atomic E-state index is 11.8. The minimum absolute atomic E-state index is 0.149. The smallest absolute Gasteiger partial charge is 0.319 e. The molecule has 0 radical (unpaired) electrons. The Morgan fingerprint density at radius 1 is 1.50 bits per heavy atom. The molecule has 126 valence electrons. The summed E-state index contributed by atoms with van der Waals surface area (Å²) in [6.07, 6.45) is 0. The molecule has 1 atom stereocenters. The van der Waals surface area contributed by atoms with Crippen molar-refractivity contribution in [2.45, 2.75) is 13.0 Å². The lowest BCUT2D eigenvalue weighted by atomic mass is 9.95. The van der Waals surface area contributed by atoms with Crippen LogP contribution in [-0.2, 0) is 4.79 Å².